The van der Waals surface area contributed by atoms with Gasteiger partial charge in [-0.25, -0.2) is 9.78 Å². The van der Waals surface area contributed by atoms with Gasteiger partial charge in [0.05, 0.1) is 0 Å². The van der Waals surface area contributed by atoms with Crippen molar-refractivity contribution in [3.63, 3.8) is 0 Å². The monoisotopic (exact) mass is 497 g/mol. The van der Waals surface area contributed by atoms with E-state index in [-0.39, 0.29) is 16.7 Å². The molecule has 3 aromatic carbocycles. The van der Waals surface area contributed by atoms with Crippen LogP contribution in [0.15, 0.2) is 82.9 Å². The third kappa shape index (κ3) is 5.96. The number of aromatic nitrogens is 3. The molecule has 0 saturated heterocycles. The highest BCUT2D eigenvalue weighted by atomic mass is 35.5. The molecule has 33 heavy (non-hydrogen) atoms. The quantitative estimate of drug-likeness (QED) is 0.211. The van der Waals surface area contributed by atoms with Crippen molar-refractivity contribution >= 4 is 47.0 Å². The van der Waals surface area contributed by atoms with Gasteiger partial charge in [0.2, 0.25) is 5.16 Å². The van der Waals surface area contributed by atoms with Crippen LogP contribution in [0.25, 0.3) is 17.5 Å². The molecule has 4 rings (SSSR count). The standard InChI is InChI=1S/C24H17Cl2N3O3S/c25-18-11-9-15(10-12-18)22-27-24(29-28-22)33-21(23(30)31)13-16-5-2-4-8-20(16)32-14-17-6-1-3-7-19(17)26/h1-13H,14H2,(H,30,31)(H,27,28,29)/b21-13-. The molecule has 0 unspecified atom stereocenters. The highest BCUT2D eigenvalue weighted by Gasteiger charge is 2.16. The summed E-state index contributed by atoms with van der Waals surface area (Å²) in [5, 5.41) is 18.2. The maximum absolute atomic E-state index is 11.9. The van der Waals surface area contributed by atoms with Gasteiger partial charge in [-0.05, 0) is 54.2 Å². The lowest BCUT2D eigenvalue weighted by Gasteiger charge is -2.11. The van der Waals surface area contributed by atoms with Crippen molar-refractivity contribution in [1.82, 2.24) is 15.2 Å². The molecule has 6 nitrogen and oxygen atoms in total. The van der Waals surface area contributed by atoms with Crippen molar-refractivity contribution in [1.29, 1.82) is 0 Å². The van der Waals surface area contributed by atoms with Crippen molar-refractivity contribution in [2.75, 3.05) is 0 Å². The molecule has 0 aliphatic carbocycles. The first-order valence-electron chi connectivity index (χ1n) is 9.76. The number of carbonyl (C=O) groups is 1. The summed E-state index contributed by atoms with van der Waals surface area (Å²) in [7, 11) is 0. The zero-order valence-corrected chi connectivity index (χ0v) is 19.4. The van der Waals surface area contributed by atoms with Gasteiger partial charge >= 0.3 is 5.97 Å². The number of para-hydroxylation sites is 1. The van der Waals surface area contributed by atoms with Crippen molar-refractivity contribution in [2.24, 2.45) is 0 Å². The van der Waals surface area contributed by atoms with Gasteiger partial charge in [0.25, 0.3) is 0 Å². The van der Waals surface area contributed by atoms with Gasteiger partial charge in [-0.1, -0.05) is 59.6 Å². The fourth-order valence-electron chi connectivity index (χ4n) is 2.91. The fraction of sp³-hybridized carbons (Fsp3) is 0.0417. The average molecular weight is 498 g/mol. The average Bonchev–Trinajstić information content (AvgIpc) is 3.28. The van der Waals surface area contributed by atoms with Crippen LogP contribution >= 0.6 is 35.0 Å². The summed E-state index contributed by atoms with van der Waals surface area (Å²) < 4.78 is 5.93. The summed E-state index contributed by atoms with van der Waals surface area (Å²) in [4.78, 5) is 16.4. The Balaban J connectivity index is 1.55. The Morgan fingerprint density at radius 1 is 1.03 bits per heavy atom. The molecule has 0 aliphatic heterocycles. The Bertz CT molecular complexity index is 1310. The van der Waals surface area contributed by atoms with Crippen LogP contribution in [-0.4, -0.2) is 26.3 Å². The number of H-pyrrole nitrogens is 1. The summed E-state index contributed by atoms with van der Waals surface area (Å²) in [5.74, 6) is -0.0465. The van der Waals surface area contributed by atoms with E-state index in [4.69, 9.17) is 27.9 Å². The van der Waals surface area contributed by atoms with Gasteiger partial charge in [-0.3, -0.25) is 5.10 Å². The molecule has 0 bridgehead atoms. The number of nitrogens with zero attached hydrogens (tertiary/aromatic N) is 2. The molecule has 2 N–H and O–H groups in total. The highest BCUT2D eigenvalue weighted by Crippen LogP contribution is 2.31. The van der Waals surface area contributed by atoms with E-state index in [1.807, 2.05) is 30.3 Å². The first-order valence-corrected chi connectivity index (χ1v) is 11.3. The molecule has 0 saturated carbocycles. The van der Waals surface area contributed by atoms with Crippen LogP contribution in [0, 0.1) is 0 Å². The van der Waals surface area contributed by atoms with Crippen molar-refractivity contribution in [3.05, 3.63) is 98.9 Å². The molecule has 0 radical (unpaired) electrons. The maximum Gasteiger partial charge on any atom is 0.342 e. The maximum atomic E-state index is 11.9. The molecule has 1 aromatic heterocycles. The normalized spacial score (nSPS) is 11.4. The Morgan fingerprint density at radius 3 is 2.52 bits per heavy atom. The fourth-order valence-corrected chi connectivity index (χ4v) is 3.92. The van der Waals surface area contributed by atoms with Crippen molar-refractivity contribution < 1.29 is 14.6 Å². The molecule has 1 heterocycles. The van der Waals surface area contributed by atoms with E-state index in [1.54, 1.807) is 42.5 Å². The molecular formula is C24H17Cl2N3O3S. The minimum atomic E-state index is -1.10. The predicted molar refractivity (Wildman–Crippen MR) is 131 cm³/mol. The van der Waals surface area contributed by atoms with Gasteiger partial charge in [-0.2, -0.15) is 0 Å². The van der Waals surface area contributed by atoms with E-state index in [1.165, 1.54) is 6.08 Å². The number of hydrogen-bond acceptors (Lipinski definition) is 5. The molecule has 0 atom stereocenters. The van der Waals surface area contributed by atoms with E-state index in [9.17, 15) is 9.90 Å². The van der Waals surface area contributed by atoms with Gasteiger partial charge < -0.3 is 9.84 Å². The number of halogens is 2. The zero-order valence-electron chi connectivity index (χ0n) is 17.0. The minimum Gasteiger partial charge on any atom is -0.488 e. The molecular weight excluding hydrogens is 481 g/mol. The van der Waals surface area contributed by atoms with Crippen LogP contribution < -0.4 is 4.74 Å². The van der Waals surface area contributed by atoms with E-state index in [0.29, 0.717) is 27.2 Å². The van der Waals surface area contributed by atoms with E-state index in [2.05, 4.69) is 15.2 Å². The molecule has 0 amide bonds. The highest BCUT2D eigenvalue weighted by molar-refractivity contribution is 8.04. The summed E-state index contributed by atoms with van der Waals surface area (Å²) >= 11 is 13.1. The zero-order chi connectivity index (χ0) is 23.2. The number of benzene rings is 3. The molecule has 0 fully saturated rings. The lowest BCUT2D eigenvalue weighted by atomic mass is 10.2. The number of rotatable bonds is 8. The number of aromatic amines is 1. The van der Waals surface area contributed by atoms with Crippen LogP contribution in [-0.2, 0) is 11.4 Å². The molecule has 9 heteroatoms. The van der Waals surface area contributed by atoms with Crippen LogP contribution in [0.1, 0.15) is 11.1 Å². The van der Waals surface area contributed by atoms with E-state index in [0.717, 1.165) is 22.9 Å². The number of carboxylic acids is 1. The predicted octanol–water partition coefficient (Wildman–Crippen LogP) is 6.58. The third-order valence-electron chi connectivity index (χ3n) is 4.54. The van der Waals surface area contributed by atoms with Crippen LogP contribution in [0.5, 0.6) is 5.75 Å². The van der Waals surface area contributed by atoms with Crippen LogP contribution in [0.4, 0.5) is 0 Å². The summed E-state index contributed by atoms with van der Waals surface area (Å²) in [6.45, 7) is 0.255. The van der Waals surface area contributed by atoms with Gasteiger partial charge in [0.15, 0.2) is 5.82 Å². The number of aliphatic carboxylic acids is 1. The van der Waals surface area contributed by atoms with E-state index < -0.39 is 5.97 Å². The Hall–Kier alpha value is -3.26. The third-order valence-corrected chi connectivity index (χ3v) is 6.04. The Morgan fingerprint density at radius 2 is 1.76 bits per heavy atom. The van der Waals surface area contributed by atoms with Gasteiger partial charge in [0.1, 0.15) is 17.3 Å². The molecule has 166 valence electrons. The number of thioether (sulfide) groups is 1. The minimum absolute atomic E-state index is 0.0467. The summed E-state index contributed by atoms with van der Waals surface area (Å²) in [6, 6.07) is 21.7. The summed E-state index contributed by atoms with van der Waals surface area (Å²) in [6.07, 6.45) is 1.53. The second-order valence-electron chi connectivity index (χ2n) is 6.81. The lowest BCUT2D eigenvalue weighted by molar-refractivity contribution is -0.131. The first-order chi connectivity index (χ1) is 16.0. The molecule has 0 spiro atoms. The largest absolute Gasteiger partial charge is 0.488 e. The Labute approximate surface area is 204 Å². The van der Waals surface area contributed by atoms with Crippen LogP contribution in [0.2, 0.25) is 10.0 Å². The SMILES string of the molecule is O=C(O)/C(=C/c1ccccc1OCc1ccccc1Cl)Sc1n[nH]c(-c2ccc(Cl)cc2)n1. The molecule has 0 aliphatic rings. The number of carboxylic acid groups (broad SMARTS) is 1. The Kier molecular flexibility index (Phi) is 7.34. The van der Waals surface area contributed by atoms with Crippen molar-refractivity contribution in [2.45, 2.75) is 11.8 Å². The van der Waals surface area contributed by atoms with Crippen LogP contribution in [0.3, 0.4) is 0 Å². The second-order valence-corrected chi connectivity index (χ2v) is 8.66. The van der Waals surface area contributed by atoms with Gasteiger partial charge in [0, 0.05) is 26.7 Å². The summed E-state index contributed by atoms with van der Waals surface area (Å²) in [5.41, 5.74) is 2.24. The van der Waals surface area contributed by atoms with Gasteiger partial charge in [-0.15, -0.1) is 5.10 Å². The van der Waals surface area contributed by atoms with E-state index >= 15 is 0 Å². The second kappa shape index (κ2) is 10.6. The first kappa shape index (κ1) is 22.9. The number of hydrogen-bond donors (Lipinski definition) is 2. The van der Waals surface area contributed by atoms with Crippen molar-refractivity contribution in [3.8, 4) is 17.1 Å². The topological polar surface area (TPSA) is 88.1 Å². The lowest BCUT2D eigenvalue weighted by Crippen LogP contribution is -2.00. The molecule has 4 aromatic rings. The number of nitrogens with one attached hydrogen (secondary N) is 1. The smallest absolute Gasteiger partial charge is 0.342 e. The number of ether oxygens (including phenoxy) is 1.